The summed E-state index contributed by atoms with van der Waals surface area (Å²) in [5.41, 5.74) is 1.04. The van der Waals surface area contributed by atoms with E-state index in [0.717, 1.165) is 35.6 Å². The minimum absolute atomic E-state index is 0.000885. The number of hydrogen-bond donors (Lipinski definition) is 1. The Hall–Kier alpha value is -3.14. The van der Waals surface area contributed by atoms with Crippen molar-refractivity contribution < 1.29 is 22.4 Å². The van der Waals surface area contributed by atoms with Crippen molar-refractivity contribution in [3.63, 3.8) is 0 Å². The molecule has 1 aliphatic rings. The van der Waals surface area contributed by atoms with Gasteiger partial charge in [0.15, 0.2) is 0 Å². The number of nitrogens with one attached hydrogen (secondary N) is 1. The fourth-order valence-corrected chi connectivity index (χ4v) is 6.67. The molecule has 1 N–H and O–H groups in total. The molecule has 3 aromatic carbocycles. The van der Waals surface area contributed by atoms with E-state index in [4.69, 9.17) is 23.2 Å². The van der Waals surface area contributed by atoms with Crippen LogP contribution < -0.4 is 9.62 Å². The summed E-state index contributed by atoms with van der Waals surface area (Å²) in [4.78, 5) is 28.4. The first-order chi connectivity index (χ1) is 19.5. The van der Waals surface area contributed by atoms with Crippen molar-refractivity contribution in [2.45, 2.75) is 63.1 Å². The summed E-state index contributed by atoms with van der Waals surface area (Å²) in [6, 6.07) is 15.4. The van der Waals surface area contributed by atoms with E-state index in [1.807, 2.05) is 6.92 Å². The van der Waals surface area contributed by atoms with Crippen LogP contribution in [0, 0.1) is 12.7 Å². The first kappa shape index (κ1) is 30.8. The summed E-state index contributed by atoms with van der Waals surface area (Å²) in [5, 5.41) is 3.26. The zero-order valence-corrected chi connectivity index (χ0v) is 25.1. The van der Waals surface area contributed by atoms with Gasteiger partial charge in [-0.1, -0.05) is 71.9 Å². The Morgan fingerprint density at radius 3 is 2.34 bits per heavy atom. The van der Waals surface area contributed by atoms with Gasteiger partial charge in [0, 0.05) is 23.2 Å². The number of anilines is 1. The van der Waals surface area contributed by atoms with Crippen molar-refractivity contribution in [2.75, 3.05) is 10.8 Å². The molecule has 1 fully saturated rings. The van der Waals surface area contributed by atoms with Crippen LogP contribution >= 0.6 is 23.2 Å². The van der Waals surface area contributed by atoms with Gasteiger partial charge in [0.2, 0.25) is 11.8 Å². The van der Waals surface area contributed by atoms with Crippen LogP contribution in [0.25, 0.3) is 0 Å². The van der Waals surface area contributed by atoms with Gasteiger partial charge < -0.3 is 10.2 Å². The second kappa shape index (κ2) is 13.2. The molecule has 0 heterocycles. The van der Waals surface area contributed by atoms with E-state index in [1.165, 1.54) is 53.4 Å². The Morgan fingerprint density at radius 2 is 1.68 bits per heavy atom. The number of halogens is 3. The topological polar surface area (TPSA) is 86.8 Å². The smallest absolute Gasteiger partial charge is 0.264 e. The number of carbonyl (C=O) groups excluding carboxylic acids is 2. The molecule has 1 atom stereocenters. The molecule has 41 heavy (non-hydrogen) atoms. The number of carbonyl (C=O) groups is 2. The second-order valence-corrected chi connectivity index (χ2v) is 12.9. The largest absolute Gasteiger partial charge is 0.352 e. The molecule has 11 heteroatoms. The van der Waals surface area contributed by atoms with Gasteiger partial charge in [0.05, 0.1) is 15.6 Å². The van der Waals surface area contributed by atoms with Gasteiger partial charge in [0.25, 0.3) is 10.0 Å². The highest BCUT2D eigenvalue weighted by Crippen LogP contribution is 2.33. The Kier molecular flexibility index (Phi) is 9.94. The second-order valence-electron chi connectivity index (χ2n) is 10.2. The van der Waals surface area contributed by atoms with Gasteiger partial charge in [-0.05, 0) is 63.1 Å². The van der Waals surface area contributed by atoms with Gasteiger partial charge in [0.1, 0.15) is 18.4 Å². The fourth-order valence-electron chi connectivity index (χ4n) is 4.81. The molecule has 2 amide bonds. The minimum atomic E-state index is -4.32. The van der Waals surface area contributed by atoms with Crippen molar-refractivity contribution in [3.05, 3.63) is 93.7 Å². The first-order valence-corrected chi connectivity index (χ1v) is 15.5. The lowest BCUT2D eigenvalue weighted by atomic mass is 10.1. The van der Waals surface area contributed by atoms with Crippen LogP contribution in [0.5, 0.6) is 0 Å². The van der Waals surface area contributed by atoms with Crippen LogP contribution in [0.15, 0.2) is 71.6 Å². The van der Waals surface area contributed by atoms with Crippen LogP contribution in [0.2, 0.25) is 10.0 Å². The lowest BCUT2D eigenvalue weighted by molar-refractivity contribution is -0.139. The van der Waals surface area contributed by atoms with E-state index in [1.54, 1.807) is 25.1 Å². The predicted octanol–water partition coefficient (Wildman–Crippen LogP) is 6.11. The maximum Gasteiger partial charge on any atom is 0.264 e. The fraction of sp³-hybridized carbons (Fsp3) is 0.333. The number of nitrogens with zero attached hydrogens (tertiary/aromatic N) is 2. The monoisotopic (exact) mass is 619 g/mol. The van der Waals surface area contributed by atoms with Crippen LogP contribution in [0.4, 0.5) is 10.1 Å². The van der Waals surface area contributed by atoms with Crippen LogP contribution in [-0.4, -0.2) is 43.8 Å². The van der Waals surface area contributed by atoms with Crippen LogP contribution in [0.1, 0.15) is 43.7 Å². The summed E-state index contributed by atoms with van der Waals surface area (Å²) in [7, 11) is -4.32. The van der Waals surface area contributed by atoms with E-state index in [2.05, 4.69) is 5.32 Å². The van der Waals surface area contributed by atoms with Gasteiger partial charge >= 0.3 is 0 Å². The third-order valence-corrected chi connectivity index (χ3v) is 9.56. The first-order valence-electron chi connectivity index (χ1n) is 13.3. The van der Waals surface area contributed by atoms with Crippen molar-refractivity contribution in [1.29, 1.82) is 0 Å². The van der Waals surface area contributed by atoms with E-state index < -0.39 is 40.2 Å². The third-order valence-electron chi connectivity index (χ3n) is 7.23. The van der Waals surface area contributed by atoms with Gasteiger partial charge in [-0.2, -0.15) is 0 Å². The maximum atomic E-state index is 14.7. The highest BCUT2D eigenvalue weighted by Gasteiger charge is 2.34. The lowest BCUT2D eigenvalue weighted by Gasteiger charge is -2.32. The Labute approximate surface area is 250 Å². The van der Waals surface area contributed by atoms with Crippen molar-refractivity contribution in [1.82, 2.24) is 10.2 Å². The quantitative estimate of drug-likeness (QED) is 0.296. The van der Waals surface area contributed by atoms with Gasteiger partial charge in [-0.25, -0.2) is 12.8 Å². The maximum absolute atomic E-state index is 14.7. The SMILES string of the molecule is Cc1ccc(S(=O)(=O)N(CC(=O)N(Cc2ccccc2F)C(C)C(=O)NC2CCCC2)c2cc(Cl)ccc2Cl)cc1. The molecule has 1 unspecified atom stereocenters. The summed E-state index contributed by atoms with van der Waals surface area (Å²) >= 11 is 12.6. The molecule has 7 nitrogen and oxygen atoms in total. The summed E-state index contributed by atoms with van der Waals surface area (Å²) < 4.78 is 43.4. The average Bonchev–Trinajstić information content (AvgIpc) is 3.45. The van der Waals surface area contributed by atoms with Crippen molar-refractivity contribution >= 4 is 50.7 Å². The molecule has 1 aliphatic carbocycles. The standard InChI is InChI=1S/C30H32Cl2FN3O4S/c1-20-11-14-25(15-12-20)41(39,40)36(28-17-23(31)13-16-26(28)32)19-29(37)35(18-22-7-3-6-10-27(22)33)21(2)30(38)34-24-8-4-5-9-24/h3,6-7,10-17,21,24H,4-5,8-9,18-19H2,1-2H3,(H,34,38). The Morgan fingerprint density at radius 1 is 1.02 bits per heavy atom. The molecular formula is C30H32Cl2FN3O4S. The number of aryl methyl sites for hydroxylation is 1. The summed E-state index contributed by atoms with van der Waals surface area (Å²) in [6.07, 6.45) is 3.69. The molecule has 0 saturated heterocycles. The highest BCUT2D eigenvalue weighted by atomic mass is 35.5. The average molecular weight is 621 g/mol. The van der Waals surface area contributed by atoms with Crippen molar-refractivity contribution in [3.8, 4) is 0 Å². The van der Waals surface area contributed by atoms with Crippen LogP contribution in [-0.2, 0) is 26.2 Å². The van der Waals surface area contributed by atoms with E-state index in [0.29, 0.717) is 0 Å². The number of rotatable bonds is 10. The number of benzene rings is 3. The number of sulfonamides is 1. The van der Waals surface area contributed by atoms with E-state index in [-0.39, 0.29) is 38.8 Å². The molecule has 4 rings (SSSR count). The summed E-state index contributed by atoms with van der Waals surface area (Å²) in [6.45, 7) is 2.43. The molecule has 0 bridgehead atoms. The van der Waals surface area contributed by atoms with E-state index >= 15 is 0 Å². The van der Waals surface area contributed by atoms with Crippen molar-refractivity contribution in [2.24, 2.45) is 0 Å². The molecule has 0 spiro atoms. The zero-order valence-electron chi connectivity index (χ0n) is 22.8. The lowest BCUT2D eigenvalue weighted by Crippen LogP contribution is -2.52. The molecule has 0 aromatic heterocycles. The molecule has 1 saturated carbocycles. The number of hydrogen-bond acceptors (Lipinski definition) is 4. The predicted molar refractivity (Wildman–Crippen MR) is 159 cm³/mol. The van der Waals surface area contributed by atoms with Gasteiger partial charge in [-0.15, -0.1) is 0 Å². The Balaban J connectivity index is 1.73. The van der Waals surface area contributed by atoms with E-state index in [9.17, 15) is 22.4 Å². The molecular weight excluding hydrogens is 588 g/mol. The molecule has 218 valence electrons. The number of amides is 2. The molecule has 0 aliphatic heterocycles. The third kappa shape index (κ3) is 7.39. The molecule has 3 aromatic rings. The van der Waals surface area contributed by atoms with Crippen LogP contribution in [0.3, 0.4) is 0 Å². The van der Waals surface area contributed by atoms with Gasteiger partial charge in [-0.3, -0.25) is 13.9 Å². The zero-order chi connectivity index (χ0) is 29.7. The Bertz CT molecular complexity index is 1510. The summed E-state index contributed by atoms with van der Waals surface area (Å²) in [5.74, 6) is -1.65. The minimum Gasteiger partial charge on any atom is -0.352 e. The normalized spacial score (nSPS) is 14.5. The highest BCUT2D eigenvalue weighted by molar-refractivity contribution is 7.92. The molecule has 0 radical (unpaired) electrons.